The van der Waals surface area contributed by atoms with Crippen LogP contribution in [0.1, 0.15) is 66.2 Å². The maximum absolute atomic E-state index is 12.8. The van der Waals surface area contributed by atoms with E-state index in [9.17, 15) is 9.59 Å². The number of rotatable bonds is 7. The van der Waals surface area contributed by atoms with Gasteiger partial charge in [-0.05, 0) is 55.0 Å². The summed E-state index contributed by atoms with van der Waals surface area (Å²) in [5, 5.41) is 15.3. The second-order valence-corrected chi connectivity index (χ2v) is 8.49. The normalized spacial score (nSPS) is 15.1. The molecule has 2 aromatic rings. The molecule has 6 nitrogen and oxygen atoms in total. The Balaban J connectivity index is 1.62. The lowest BCUT2D eigenvalue weighted by atomic mass is 10.0. The fourth-order valence-electron chi connectivity index (χ4n) is 3.51. The van der Waals surface area contributed by atoms with Crippen LogP contribution in [0.25, 0.3) is 0 Å². The maximum atomic E-state index is 12.8. The number of hydrogen-bond acceptors (Lipinski definition) is 4. The summed E-state index contributed by atoms with van der Waals surface area (Å²) in [4.78, 5) is 25.7. The number of aromatic nitrogens is 2. The van der Waals surface area contributed by atoms with Crippen LogP contribution in [-0.4, -0.2) is 28.1 Å². The van der Waals surface area contributed by atoms with Crippen molar-refractivity contribution in [3.8, 4) is 0 Å². The number of hydrogen-bond donors (Lipinski definition) is 3. The highest BCUT2D eigenvalue weighted by Crippen LogP contribution is 2.21. The van der Waals surface area contributed by atoms with Gasteiger partial charge in [-0.15, -0.1) is 11.3 Å². The molecule has 0 saturated carbocycles. The van der Waals surface area contributed by atoms with Crippen molar-refractivity contribution < 1.29 is 9.59 Å². The molecule has 0 fully saturated rings. The van der Waals surface area contributed by atoms with Crippen molar-refractivity contribution in [3.05, 3.63) is 39.3 Å². The summed E-state index contributed by atoms with van der Waals surface area (Å²) in [5.74, 6) is -0.0514. The summed E-state index contributed by atoms with van der Waals surface area (Å²) in [5.41, 5.74) is 3.39. The molecular formula is C20H28N4O2S. The van der Waals surface area contributed by atoms with Gasteiger partial charge in [-0.2, -0.15) is 5.10 Å². The van der Waals surface area contributed by atoms with E-state index in [-0.39, 0.29) is 11.8 Å². The number of aryl methyl sites for hydroxylation is 1. The van der Waals surface area contributed by atoms with Crippen LogP contribution in [-0.2, 0) is 24.2 Å². The first-order valence-electron chi connectivity index (χ1n) is 9.71. The van der Waals surface area contributed by atoms with Gasteiger partial charge in [-0.1, -0.05) is 26.3 Å². The van der Waals surface area contributed by atoms with Gasteiger partial charge < -0.3 is 10.6 Å². The van der Waals surface area contributed by atoms with Crippen LogP contribution in [0.4, 0.5) is 0 Å². The first-order chi connectivity index (χ1) is 13.0. The smallest absolute Gasteiger partial charge is 0.261 e. The Kier molecular flexibility index (Phi) is 6.66. The number of fused-ring (bicyclic) bond motifs is 1. The van der Waals surface area contributed by atoms with Gasteiger partial charge in [0.05, 0.1) is 17.1 Å². The molecule has 0 unspecified atom stereocenters. The zero-order valence-corrected chi connectivity index (χ0v) is 16.8. The minimum atomic E-state index is -0.544. The SMILES string of the molecule is CC(C)C[C@@H](NC(=O)c1cccs1)C(=O)NCc1n[nH]c2c1CCCCC2. The fourth-order valence-corrected chi connectivity index (χ4v) is 4.13. The topological polar surface area (TPSA) is 86.9 Å². The van der Waals surface area contributed by atoms with Crippen molar-refractivity contribution in [1.29, 1.82) is 0 Å². The molecule has 0 aromatic carbocycles. The largest absolute Gasteiger partial charge is 0.349 e. The molecule has 1 atom stereocenters. The molecule has 0 bridgehead atoms. The number of H-pyrrole nitrogens is 1. The highest BCUT2D eigenvalue weighted by atomic mass is 32.1. The van der Waals surface area contributed by atoms with Crippen LogP contribution in [0, 0.1) is 5.92 Å². The summed E-state index contributed by atoms with van der Waals surface area (Å²) in [7, 11) is 0. The van der Waals surface area contributed by atoms with E-state index in [1.54, 1.807) is 6.07 Å². The van der Waals surface area contributed by atoms with Gasteiger partial charge in [0.2, 0.25) is 5.91 Å². The molecule has 0 aliphatic heterocycles. The number of nitrogens with zero attached hydrogens (tertiary/aromatic N) is 1. The molecule has 3 rings (SSSR count). The molecular weight excluding hydrogens is 360 g/mol. The number of aromatic amines is 1. The lowest BCUT2D eigenvalue weighted by Gasteiger charge is -2.20. The molecule has 3 N–H and O–H groups in total. The van der Waals surface area contributed by atoms with Gasteiger partial charge in [0, 0.05) is 5.69 Å². The lowest BCUT2D eigenvalue weighted by molar-refractivity contribution is -0.123. The summed E-state index contributed by atoms with van der Waals surface area (Å²) >= 11 is 1.37. The highest BCUT2D eigenvalue weighted by Gasteiger charge is 2.24. The Labute approximate surface area is 164 Å². The van der Waals surface area contributed by atoms with Crippen molar-refractivity contribution >= 4 is 23.2 Å². The molecule has 27 heavy (non-hydrogen) atoms. The molecule has 7 heteroatoms. The number of nitrogens with one attached hydrogen (secondary N) is 3. The third kappa shape index (κ3) is 5.19. The summed E-state index contributed by atoms with van der Waals surface area (Å²) in [6.45, 7) is 4.49. The number of thiophene rings is 1. The zero-order valence-electron chi connectivity index (χ0n) is 16.0. The monoisotopic (exact) mass is 388 g/mol. The molecule has 1 aliphatic rings. The van der Waals surface area contributed by atoms with Crippen molar-refractivity contribution in [3.63, 3.8) is 0 Å². The molecule has 0 radical (unpaired) electrons. The molecule has 2 amide bonds. The van der Waals surface area contributed by atoms with Crippen molar-refractivity contribution in [2.75, 3.05) is 0 Å². The van der Waals surface area contributed by atoms with E-state index in [0.717, 1.165) is 18.5 Å². The predicted octanol–water partition coefficient (Wildman–Crippen LogP) is 3.20. The quantitative estimate of drug-likeness (QED) is 0.637. The Bertz CT molecular complexity index is 767. The molecule has 0 saturated heterocycles. The lowest BCUT2D eigenvalue weighted by Crippen LogP contribution is -2.47. The Hall–Kier alpha value is -2.15. The van der Waals surface area contributed by atoms with E-state index < -0.39 is 6.04 Å². The van der Waals surface area contributed by atoms with Crippen LogP contribution >= 0.6 is 11.3 Å². The summed E-state index contributed by atoms with van der Waals surface area (Å²) in [6, 6.07) is 3.06. The molecule has 2 aromatic heterocycles. The molecule has 2 heterocycles. The first kappa shape index (κ1) is 19.6. The van der Waals surface area contributed by atoms with E-state index in [1.165, 1.54) is 41.9 Å². The average molecular weight is 389 g/mol. The van der Waals surface area contributed by atoms with Crippen LogP contribution < -0.4 is 10.6 Å². The van der Waals surface area contributed by atoms with Gasteiger partial charge in [0.15, 0.2) is 0 Å². The van der Waals surface area contributed by atoms with Gasteiger partial charge in [-0.25, -0.2) is 0 Å². The van der Waals surface area contributed by atoms with Crippen LogP contribution in [0.3, 0.4) is 0 Å². The van der Waals surface area contributed by atoms with E-state index in [2.05, 4.69) is 20.8 Å². The molecule has 1 aliphatic carbocycles. The van der Waals surface area contributed by atoms with Crippen LogP contribution in [0.2, 0.25) is 0 Å². The minimum absolute atomic E-state index is 0.154. The second-order valence-electron chi connectivity index (χ2n) is 7.54. The van der Waals surface area contributed by atoms with E-state index in [4.69, 9.17) is 0 Å². The van der Waals surface area contributed by atoms with Gasteiger partial charge in [0.1, 0.15) is 6.04 Å². The number of carbonyl (C=O) groups is 2. The third-order valence-electron chi connectivity index (χ3n) is 4.90. The fraction of sp³-hybridized carbons (Fsp3) is 0.550. The third-order valence-corrected chi connectivity index (χ3v) is 5.76. The van der Waals surface area contributed by atoms with Gasteiger partial charge >= 0.3 is 0 Å². The molecule has 0 spiro atoms. The van der Waals surface area contributed by atoms with Crippen molar-refractivity contribution in [1.82, 2.24) is 20.8 Å². The van der Waals surface area contributed by atoms with E-state index >= 15 is 0 Å². The van der Waals surface area contributed by atoms with Crippen LogP contribution in [0.15, 0.2) is 17.5 Å². The standard InChI is InChI=1S/C20H28N4O2S/c1-13(2)11-16(22-20(26)18-9-6-10-27-18)19(25)21-12-17-14-7-4-3-5-8-15(14)23-24-17/h6,9-10,13,16H,3-5,7-8,11-12H2,1-2H3,(H,21,25)(H,22,26)(H,23,24)/t16-/m1/s1. The Morgan fingerprint density at radius 3 is 2.81 bits per heavy atom. The van der Waals surface area contributed by atoms with Crippen molar-refractivity contribution in [2.24, 2.45) is 5.92 Å². The zero-order chi connectivity index (χ0) is 19.2. The highest BCUT2D eigenvalue weighted by molar-refractivity contribution is 7.12. The average Bonchev–Trinajstić information content (AvgIpc) is 3.24. The van der Waals surface area contributed by atoms with Gasteiger partial charge in [-0.3, -0.25) is 14.7 Å². The predicted molar refractivity (Wildman–Crippen MR) is 107 cm³/mol. The minimum Gasteiger partial charge on any atom is -0.349 e. The van der Waals surface area contributed by atoms with Crippen LogP contribution in [0.5, 0.6) is 0 Å². The Morgan fingerprint density at radius 1 is 1.26 bits per heavy atom. The summed E-state index contributed by atoms with van der Waals surface area (Å²) in [6.07, 6.45) is 6.23. The number of carbonyl (C=O) groups excluding carboxylic acids is 2. The summed E-state index contributed by atoms with van der Waals surface area (Å²) < 4.78 is 0. The van der Waals surface area contributed by atoms with E-state index in [1.807, 2.05) is 25.3 Å². The number of amides is 2. The van der Waals surface area contributed by atoms with E-state index in [0.29, 0.717) is 23.8 Å². The molecule has 146 valence electrons. The maximum Gasteiger partial charge on any atom is 0.261 e. The van der Waals surface area contributed by atoms with Crippen molar-refractivity contribution in [2.45, 2.75) is 65.0 Å². The first-order valence-corrected chi connectivity index (χ1v) is 10.6. The van der Waals surface area contributed by atoms with Gasteiger partial charge in [0.25, 0.3) is 5.91 Å². The Morgan fingerprint density at radius 2 is 2.07 bits per heavy atom. The second kappa shape index (κ2) is 9.17.